The van der Waals surface area contributed by atoms with Gasteiger partial charge in [0.15, 0.2) is 0 Å². The van der Waals surface area contributed by atoms with E-state index in [4.69, 9.17) is 5.73 Å². The lowest BCUT2D eigenvalue weighted by Crippen LogP contribution is -2.32. The summed E-state index contributed by atoms with van der Waals surface area (Å²) in [4.78, 5) is 25.0. The third-order valence-corrected chi connectivity index (χ3v) is 4.90. The maximum atomic E-state index is 12.3. The molecular weight excluding hydrogens is 284 g/mol. The molecule has 21 heavy (non-hydrogen) atoms. The molecule has 0 aliphatic carbocycles. The van der Waals surface area contributed by atoms with Crippen molar-refractivity contribution in [2.45, 2.75) is 32.7 Å². The van der Waals surface area contributed by atoms with Gasteiger partial charge in [0.1, 0.15) is 0 Å². The van der Waals surface area contributed by atoms with Crippen molar-refractivity contribution in [1.29, 1.82) is 0 Å². The van der Waals surface area contributed by atoms with Crippen molar-refractivity contribution >= 4 is 23.6 Å². The zero-order valence-corrected chi connectivity index (χ0v) is 13.4. The number of nitrogens with zero attached hydrogens (tertiary/aromatic N) is 1. The summed E-state index contributed by atoms with van der Waals surface area (Å²) < 4.78 is 0. The first-order chi connectivity index (χ1) is 9.99. The topological polar surface area (TPSA) is 63.4 Å². The van der Waals surface area contributed by atoms with Crippen LogP contribution in [0.1, 0.15) is 35.6 Å². The summed E-state index contributed by atoms with van der Waals surface area (Å²) >= 11 is 1.29. The number of amides is 2. The molecule has 0 bridgehead atoms. The molecule has 2 amide bonds. The third kappa shape index (κ3) is 4.00. The Balaban J connectivity index is 2.03. The number of aryl methyl sites for hydroxylation is 2. The molecule has 4 nitrogen and oxygen atoms in total. The summed E-state index contributed by atoms with van der Waals surface area (Å²) in [5, 5.41) is 0. The van der Waals surface area contributed by atoms with Gasteiger partial charge in [0.05, 0.1) is 17.5 Å². The van der Waals surface area contributed by atoms with Gasteiger partial charge in [-0.1, -0.05) is 18.2 Å². The number of thioether (sulfide) groups is 1. The van der Waals surface area contributed by atoms with E-state index in [-0.39, 0.29) is 23.6 Å². The van der Waals surface area contributed by atoms with Gasteiger partial charge < -0.3 is 10.6 Å². The van der Waals surface area contributed by atoms with Crippen molar-refractivity contribution in [2.75, 3.05) is 18.1 Å². The van der Waals surface area contributed by atoms with Crippen LogP contribution in [0.4, 0.5) is 0 Å². The Hall–Kier alpha value is -1.49. The first-order valence-electron chi connectivity index (χ1n) is 7.21. The molecule has 5 heteroatoms. The second kappa shape index (κ2) is 6.98. The highest BCUT2D eigenvalue weighted by Gasteiger charge is 2.29. The van der Waals surface area contributed by atoms with E-state index < -0.39 is 0 Å². The van der Waals surface area contributed by atoms with Gasteiger partial charge in [-0.25, -0.2) is 0 Å². The lowest BCUT2D eigenvalue weighted by molar-refractivity contribution is -0.129. The monoisotopic (exact) mass is 306 g/mol. The molecule has 1 saturated heterocycles. The largest absolute Gasteiger partial charge is 0.369 e. The first kappa shape index (κ1) is 15.9. The highest BCUT2D eigenvalue weighted by Crippen LogP contribution is 2.33. The van der Waals surface area contributed by atoms with E-state index in [1.165, 1.54) is 28.5 Å². The van der Waals surface area contributed by atoms with E-state index in [0.717, 1.165) is 19.4 Å². The van der Waals surface area contributed by atoms with E-state index in [9.17, 15) is 9.59 Å². The smallest absolute Gasteiger partial charge is 0.233 e. The molecule has 0 unspecified atom stereocenters. The van der Waals surface area contributed by atoms with Gasteiger partial charge >= 0.3 is 0 Å². The number of hydrogen-bond acceptors (Lipinski definition) is 3. The summed E-state index contributed by atoms with van der Waals surface area (Å²) in [5.74, 6) is 0.250. The number of primary amides is 1. The molecule has 1 heterocycles. The summed E-state index contributed by atoms with van der Waals surface area (Å²) in [7, 11) is 0. The molecule has 1 aliphatic heterocycles. The van der Waals surface area contributed by atoms with Gasteiger partial charge in [0, 0.05) is 6.54 Å². The molecule has 1 atom stereocenters. The van der Waals surface area contributed by atoms with E-state index in [1.54, 1.807) is 0 Å². The molecule has 1 fully saturated rings. The minimum Gasteiger partial charge on any atom is -0.369 e. The number of likely N-dealkylation sites (tertiary alicyclic amines) is 1. The van der Waals surface area contributed by atoms with E-state index >= 15 is 0 Å². The fraction of sp³-hybridized carbons (Fsp3) is 0.500. The number of carbonyl (C=O) groups is 2. The van der Waals surface area contributed by atoms with Gasteiger partial charge in [-0.15, -0.1) is 11.8 Å². The fourth-order valence-corrected chi connectivity index (χ4v) is 3.35. The van der Waals surface area contributed by atoms with Gasteiger partial charge in [0.25, 0.3) is 0 Å². The van der Waals surface area contributed by atoms with Crippen molar-refractivity contribution < 1.29 is 9.59 Å². The van der Waals surface area contributed by atoms with Crippen LogP contribution >= 0.6 is 11.8 Å². The van der Waals surface area contributed by atoms with Crippen LogP contribution in [0.15, 0.2) is 18.2 Å². The molecule has 2 rings (SSSR count). The highest BCUT2D eigenvalue weighted by atomic mass is 32.2. The normalized spacial score (nSPS) is 18.0. The number of benzene rings is 1. The van der Waals surface area contributed by atoms with Crippen LogP contribution in [0.25, 0.3) is 0 Å². The number of hydrogen-bond donors (Lipinski definition) is 1. The summed E-state index contributed by atoms with van der Waals surface area (Å²) in [6, 6.07) is 6.59. The second-order valence-electron chi connectivity index (χ2n) is 5.55. The van der Waals surface area contributed by atoms with Crippen molar-refractivity contribution in [1.82, 2.24) is 4.90 Å². The quantitative estimate of drug-likeness (QED) is 0.907. The van der Waals surface area contributed by atoms with Crippen molar-refractivity contribution in [2.24, 2.45) is 5.73 Å². The zero-order chi connectivity index (χ0) is 15.4. The predicted molar refractivity (Wildman–Crippen MR) is 86.1 cm³/mol. The van der Waals surface area contributed by atoms with Crippen LogP contribution in [0.5, 0.6) is 0 Å². The van der Waals surface area contributed by atoms with Gasteiger partial charge in [-0.05, 0) is 43.4 Å². The molecule has 0 radical (unpaired) electrons. The van der Waals surface area contributed by atoms with Crippen molar-refractivity contribution in [3.05, 3.63) is 34.9 Å². The molecule has 0 spiro atoms. The summed E-state index contributed by atoms with van der Waals surface area (Å²) in [6.07, 6.45) is 2.04. The Bertz CT molecular complexity index is 545. The van der Waals surface area contributed by atoms with E-state index in [1.807, 2.05) is 4.90 Å². The van der Waals surface area contributed by atoms with Gasteiger partial charge in [0.2, 0.25) is 11.8 Å². The van der Waals surface area contributed by atoms with Crippen LogP contribution in [0.3, 0.4) is 0 Å². The first-order valence-corrected chi connectivity index (χ1v) is 8.37. The average Bonchev–Trinajstić information content (AvgIpc) is 2.90. The lowest BCUT2D eigenvalue weighted by Gasteiger charge is -2.25. The molecule has 2 N–H and O–H groups in total. The predicted octanol–water partition coefficient (Wildman–Crippen LogP) is 2.19. The maximum absolute atomic E-state index is 12.3. The number of carbonyl (C=O) groups excluding carboxylic acids is 2. The maximum Gasteiger partial charge on any atom is 0.233 e. The Morgan fingerprint density at radius 2 is 2.05 bits per heavy atom. The molecule has 0 saturated carbocycles. The highest BCUT2D eigenvalue weighted by molar-refractivity contribution is 8.00. The number of rotatable bonds is 5. The standard InChI is InChI=1S/C16H22N2O2S/c1-11-5-6-13(8-12(11)2)14-4-3-7-18(14)16(20)10-21-9-15(17)19/h5-6,8,14H,3-4,7,9-10H2,1-2H3,(H2,17,19)/t14-/m1/s1. The van der Waals surface area contributed by atoms with Crippen LogP contribution in [0.2, 0.25) is 0 Å². The Morgan fingerprint density at radius 1 is 1.29 bits per heavy atom. The third-order valence-electron chi connectivity index (χ3n) is 3.96. The van der Waals surface area contributed by atoms with Crippen molar-refractivity contribution in [3.8, 4) is 0 Å². The summed E-state index contributed by atoms with van der Waals surface area (Å²) in [6.45, 7) is 4.99. The molecule has 1 aromatic rings. The van der Waals surface area contributed by atoms with Crippen molar-refractivity contribution in [3.63, 3.8) is 0 Å². The molecule has 0 aromatic heterocycles. The van der Waals surface area contributed by atoms with E-state index in [2.05, 4.69) is 32.0 Å². The van der Waals surface area contributed by atoms with Crippen LogP contribution in [-0.2, 0) is 9.59 Å². The molecule has 1 aromatic carbocycles. The number of nitrogens with two attached hydrogens (primary N) is 1. The molecule has 114 valence electrons. The summed E-state index contributed by atoms with van der Waals surface area (Å²) in [5.41, 5.74) is 8.84. The van der Waals surface area contributed by atoms with Crippen LogP contribution in [-0.4, -0.2) is 34.8 Å². The average molecular weight is 306 g/mol. The van der Waals surface area contributed by atoms with Crippen LogP contribution in [0, 0.1) is 13.8 Å². The minimum atomic E-state index is -0.375. The minimum absolute atomic E-state index is 0.0991. The zero-order valence-electron chi connectivity index (χ0n) is 12.6. The van der Waals surface area contributed by atoms with Crippen LogP contribution < -0.4 is 5.73 Å². The molecule has 1 aliphatic rings. The SMILES string of the molecule is Cc1ccc([C@H]2CCCN2C(=O)CSCC(N)=O)cc1C. The van der Waals surface area contributed by atoms with Gasteiger partial charge in [-0.3, -0.25) is 9.59 Å². The molecular formula is C16H22N2O2S. The fourth-order valence-electron chi connectivity index (χ4n) is 2.71. The van der Waals surface area contributed by atoms with Gasteiger partial charge in [-0.2, -0.15) is 0 Å². The Kier molecular flexibility index (Phi) is 5.28. The Labute approximate surface area is 130 Å². The van der Waals surface area contributed by atoms with E-state index in [0.29, 0.717) is 5.75 Å². The second-order valence-corrected chi connectivity index (χ2v) is 6.53. The Morgan fingerprint density at radius 3 is 2.71 bits per heavy atom. The lowest BCUT2D eigenvalue weighted by atomic mass is 9.99.